The standard InChI is InChI=1S/C12H18O4/c1-8(13)5-9-6-11(15-3)12(16-4)7-10(9)14-2/h6-8,13H,5H2,1-4H3/t8-/m0/s1. The summed E-state index contributed by atoms with van der Waals surface area (Å²) in [6.07, 6.45) is 0.0933. The lowest BCUT2D eigenvalue weighted by Crippen LogP contribution is -2.06. The maximum absolute atomic E-state index is 9.39. The Bertz CT molecular complexity index is 347. The van der Waals surface area contributed by atoms with Crippen molar-refractivity contribution in [2.45, 2.75) is 19.4 Å². The normalized spacial score (nSPS) is 12.1. The molecule has 0 heterocycles. The molecule has 0 saturated carbocycles. The van der Waals surface area contributed by atoms with Gasteiger partial charge in [-0.3, -0.25) is 0 Å². The predicted molar refractivity (Wildman–Crippen MR) is 61.5 cm³/mol. The minimum absolute atomic E-state index is 0.424. The van der Waals surface area contributed by atoms with Gasteiger partial charge in [-0.05, 0) is 13.0 Å². The van der Waals surface area contributed by atoms with Crippen molar-refractivity contribution in [3.63, 3.8) is 0 Å². The van der Waals surface area contributed by atoms with Gasteiger partial charge in [-0.25, -0.2) is 0 Å². The first-order chi connectivity index (χ1) is 7.62. The Balaban J connectivity index is 3.15. The molecule has 0 saturated heterocycles. The Labute approximate surface area is 95.8 Å². The maximum atomic E-state index is 9.39. The molecule has 0 aliphatic carbocycles. The maximum Gasteiger partial charge on any atom is 0.164 e. The first-order valence-corrected chi connectivity index (χ1v) is 5.09. The molecule has 16 heavy (non-hydrogen) atoms. The molecule has 0 unspecified atom stereocenters. The van der Waals surface area contributed by atoms with Crippen LogP contribution in [0.4, 0.5) is 0 Å². The van der Waals surface area contributed by atoms with Gasteiger partial charge < -0.3 is 19.3 Å². The third-order valence-electron chi connectivity index (χ3n) is 2.30. The Morgan fingerprint density at radius 1 is 1.00 bits per heavy atom. The highest BCUT2D eigenvalue weighted by Crippen LogP contribution is 2.35. The zero-order valence-electron chi connectivity index (χ0n) is 10.1. The number of benzene rings is 1. The monoisotopic (exact) mass is 226 g/mol. The Hall–Kier alpha value is -1.42. The number of methoxy groups -OCH3 is 3. The van der Waals surface area contributed by atoms with E-state index in [4.69, 9.17) is 14.2 Å². The largest absolute Gasteiger partial charge is 0.496 e. The lowest BCUT2D eigenvalue weighted by Gasteiger charge is -2.14. The molecule has 1 N–H and O–H groups in total. The number of hydrogen-bond donors (Lipinski definition) is 1. The average Bonchev–Trinajstić information content (AvgIpc) is 2.27. The van der Waals surface area contributed by atoms with Crippen molar-refractivity contribution >= 4 is 0 Å². The van der Waals surface area contributed by atoms with Gasteiger partial charge in [-0.1, -0.05) is 0 Å². The van der Waals surface area contributed by atoms with Crippen molar-refractivity contribution in [2.24, 2.45) is 0 Å². The number of aliphatic hydroxyl groups excluding tert-OH is 1. The third-order valence-corrected chi connectivity index (χ3v) is 2.30. The van der Waals surface area contributed by atoms with E-state index in [1.807, 2.05) is 6.07 Å². The Morgan fingerprint density at radius 2 is 1.50 bits per heavy atom. The summed E-state index contributed by atoms with van der Waals surface area (Å²) in [6, 6.07) is 3.58. The molecule has 0 radical (unpaired) electrons. The zero-order chi connectivity index (χ0) is 12.1. The van der Waals surface area contributed by atoms with Crippen molar-refractivity contribution in [2.75, 3.05) is 21.3 Å². The van der Waals surface area contributed by atoms with Crippen LogP contribution in [-0.4, -0.2) is 32.5 Å². The zero-order valence-corrected chi connectivity index (χ0v) is 10.1. The number of aliphatic hydroxyl groups is 1. The van der Waals surface area contributed by atoms with E-state index in [-0.39, 0.29) is 0 Å². The van der Waals surface area contributed by atoms with Crippen molar-refractivity contribution in [1.29, 1.82) is 0 Å². The SMILES string of the molecule is COc1cc(OC)c(OC)cc1C[C@H](C)O. The summed E-state index contributed by atoms with van der Waals surface area (Å²) in [5.41, 5.74) is 0.898. The van der Waals surface area contributed by atoms with Gasteiger partial charge in [0.1, 0.15) is 5.75 Å². The van der Waals surface area contributed by atoms with Gasteiger partial charge in [-0.15, -0.1) is 0 Å². The molecular formula is C12H18O4. The van der Waals surface area contributed by atoms with Crippen molar-refractivity contribution in [3.8, 4) is 17.2 Å². The third kappa shape index (κ3) is 2.79. The molecule has 0 bridgehead atoms. The second-order valence-electron chi connectivity index (χ2n) is 3.57. The fourth-order valence-corrected chi connectivity index (χ4v) is 1.57. The van der Waals surface area contributed by atoms with Crippen LogP contribution in [0.1, 0.15) is 12.5 Å². The molecule has 4 nitrogen and oxygen atoms in total. The predicted octanol–water partition coefficient (Wildman–Crippen LogP) is 1.64. The molecule has 0 fully saturated rings. The molecule has 1 aromatic carbocycles. The number of rotatable bonds is 5. The van der Waals surface area contributed by atoms with Gasteiger partial charge in [0.15, 0.2) is 11.5 Å². The lowest BCUT2D eigenvalue weighted by atomic mass is 10.1. The highest BCUT2D eigenvalue weighted by Gasteiger charge is 2.12. The molecule has 0 aliphatic rings. The van der Waals surface area contributed by atoms with Crippen LogP contribution in [0.2, 0.25) is 0 Å². The molecule has 1 rings (SSSR count). The first-order valence-electron chi connectivity index (χ1n) is 5.09. The smallest absolute Gasteiger partial charge is 0.164 e. The van der Waals surface area contributed by atoms with E-state index in [1.165, 1.54) is 0 Å². The average molecular weight is 226 g/mol. The van der Waals surface area contributed by atoms with Crippen LogP contribution in [-0.2, 0) is 6.42 Å². The summed E-state index contributed by atoms with van der Waals surface area (Å²) in [5.74, 6) is 1.95. The quantitative estimate of drug-likeness (QED) is 0.829. The van der Waals surface area contributed by atoms with Crippen LogP contribution in [0.5, 0.6) is 17.2 Å². The first kappa shape index (κ1) is 12.6. The summed E-state index contributed by atoms with van der Waals surface area (Å²) < 4.78 is 15.6. The van der Waals surface area contributed by atoms with Crippen LogP contribution in [0, 0.1) is 0 Å². The molecule has 4 heteroatoms. The molecule has 1 atom stereocenters. The fourth-order valence-electron chi connectivity index (χ4n) is 1.57. The Kier molecular flexibility index (Phi) is 4.43. The van der Waals surface area contributed by atoms with Crippen molar-refractivity contribution in [1.82, 2.24) is 0 Å². The van der Waals surface area contributed by atoms with E-state index in [9.17, 15) is 5.11 Å². The molecule has 0 aliphatic heterocycles. The molecule has 1 aromatic rings. The number of ether oxygens (including phenoxy) is 3. The fraction of sp³-hybridized carbons (Fsp3) is 0.500. The van der Waals surface area contributed by atoms with Crippen LogP contribution in [0.25, 0.3) is 0 Å². The second-order valence-corrected chi connectivity index (χ2v) is 3.57. The van der Waals surface area contributed by atoms with E-state index in [0.29, 0.717) is 23.7 Å². The van der Waals surface area contributed by atoms with Gasteiger partial charge >= 0.3 is 0 Å². The molecule has 0 amide bonds. The van der Waals surface area contributed by atoms with Gasteiger partial charge in [0, 0.05) is 18.1 Å². The molecule has 0 aromatic heterocycles. The van der Waals surface area contributed by atoms with Crippen LogP contribution < -0.4 is 14.2 Å². The highest BCUT2D eigenvalue weighted by atomic mass is 16.5. The van der Waals surface area contributed by atoms with E-state index in [0.717, 1.165) is 5.56 Å². The van der Waals surface area contributed by atoms with E-state index < -0.39 is 6.10 Å². The summed E-state index contributed by atoms with van der Waals surface area (Å²) in [7, 11) is 4.74. The summed E-state index contributed by atoms with van der Waals surface area (Å²) >= 11 is 0. The van der Waals surface area contributed by atoms with Crippen molar-refractivity contribution < 1.29 is 19.3 Å². The van der Waals surface area contributed by atoms with Gasteiger partial charge in [-0.2, -0.15) is 0 Å². The van der Waals surface area contributed by atoms with Crippen molar-refractivity contribution in [3.05, 3.63) is 17.7 Å². The van der Waals surface area contributed by atoms with E-state index >= 15 is 0 Å². The van der Waals surface area contributed by atoms with E-state index in [1.54, 1.807) is 34.3 Å². The lowest BCUT2D eigenvalue weighted by molar-refractivity contribution is 0.194. The summed E-state index contributed by atoms with van der Waals surface area (Å²) in [5, 5.41) is 9.39. The topological polar surface area (TPSA) is 47.9 Å². The van der Waals surface area contributed by atoms with Crippen LogP contribution >= 0.6 is 0 Å². The number of hydrogen-bond acceptors (Lipinski definition) is 4. The minimum atomic E-state index is -0.424. The van der Waals surface area contributed by atoms with E-state index in [2.05, 4.69) is 0 Å². The van der Waals surface area contributed by atoms with Crippen LogP contribution in [0.15, 0.2) is 12.1 Å². The van der Waals surface area contributed by atoms with Gasteiger partial charge in [0.05, 0.1) is 27.4 Å². The minimum Gasteiger partial charge on any atom is -0.496 e. The highest BCUT2D eigenvalue weighted by molar-refractivity contribution is 5.50. The van der Waals surface area contributed by atoms with Gasteiger partial charge in [0.2, 0.25) is 0 Å². The molecule has 90 valence electrons. The summed E-state index contributed by atoms with van der Waals surface area (Å²) in [6.45, 7) is 1.73. The second kappa shape index (κ2) is 5.61. The Morgan fingerprint density at radius 3 is 1.94 bits per heavy atom. The molecule has 0 spiro atoms. The van der Waals surface area contributed by atoms with Gasteiger partial charge in [0.25, 0.3) is 0 Å². The van der Waals surface area contributed by atoms with Crippen LogP contribution in [0.3, 0.4) is 0 Å². The summed E-state index contributed by atoms with van der Waals surface area (Å²) in [4.78, 5) is 0. The molecular weight excluding hydrogens is 208 g/mol.